The topological polar surface area (TPSA) is 36.2 Å². The van der Waals surface area contributed by atoms with Crippen molar-refractivity contribution in [1.82, 2.24) is 0 Å². The summed E-state index contributed by atoms with van der Waals surface area (Å²) in [5.74, 6) is 0. The normalized spacial score (nSPS) is 13.4. The summed E-state index contributed by atoms with van der Waals surface area (Å²) in [5.41, 5.74) is 14.3. The lowest BCUT2D eigenvalue weighted by atomic mass is 9.78. The van der Waals surface area contributed by atoms with Gasteiger partial charge in [-0.15, -0.1) is 0 Å². The quantitative estimate of drug-likeness (QED) is 0.163. The number of benzene rings is 8. The SMILES string of the molecule is CC1(C)c2ccc3ccccc3c2-c2cccc(-c3ccc(-c4ccc(C=N/C(=C\C(=N)c5ccccc5)c5ccccc5)c5ccccc45)cc3)c21. The second-order valence-electron chi connectivity index (χ2n) is 14.3. The molecule has 0 radical (unpaired) electrons. The molecule has 1 N–H and O–H groups in total. The zero-order chi connectivity index (χ0) is 35.9. The van der Waals surface area contributed by atoms with Crippen molar-refractivity contribution in [2.75, 3.05) is 0 Å². The molecule has 0 unspecified atom stereocenters. The first-order valence-electron chi connectivity index (χ1n) is 18.2. The lowest BCUT2D eigenvalue weighted by molar-refractivity contribution is 0.662. The smallest absolute Gasteiger partial charge is 0.0723 e. The van der Waals surface area contributed by atoms with E-state index in [-0.39, 0.29) is 5.41 Å². The summed E-state index contributed by atoms with van der Waals surface area (Å²) in [6, 6.07) is 62.1. The van der Waals surface area contributed by atoms with Crippen LogP contribution in [0, 0.1) is 5.41 Å². The molecule has 0 aliphatic heterocycles. The molecule has 0 amide bonds. The molecule has 0 saturated heterocycles. The summed E-state index contributed by atoms with van der Waals surface area (Å²) < 4.78 is 0. The van der Waals surface area contributed by atoms with Gasteiger partial charge >= 0.3 is 0 Å². The highest BCUT2D eigenvalue weighted by atomic mass is 14.7. The van der Waals surface area contributed by atoms with Gasteiger partial charge in [-0.1, -0.05) is 190 Å². The fraction of sp³-hybridized carbons (Fsp3) is 0.0588. The summed E-state index contributed by atoms with van der Waals surface area (Å²) in [6.45, 7) is 4.74. The second-order valence-corrected chi connectivity index (χ2v) is 14.3. The van der Waals surface area contributed by atoms with Gasteiger partial charge in [0.05, 0.1) is 11.4 Å². The van der Waals surface area contributed by atoms with E-state index in [9.17, 15) is 0 Å². The molecular weight excluding hydrogens is 641 g/mol. The van der Waals surface area contributed by atoms with Crippen molar-refractivity contribution in [2.24, 2.45) is 4.99 Å². The van der Waals surface area contributed by atoms with Gasteiger partial charge in [-0.25, -0.2) is 0 Å². The van der Waals surface area contributed by atoms with E-state index in [1.165, 1.54) is 60.7 Å². The van der Waals surface area contributed by atoms with Crippen LogP contribution in [0.1, 0.15) is 41.7 Å². The van der Waals surface area contributed by atoms with Crippen LogP contribution in [0.2, 0.25) is 0 Å². The molecule has 1 aliphatic carbocycles. The monoisotopic (exact) mass is 678 g/mol. The van der Waals surface area contributed by atoms with Gasteiger partial charge in [0.1, 0.15) is 0 Å². The van der Waals surface area contributed by atoms with Crippen LogP contribution in [-0.2, 0) is 5.41 Å². The maximum absolute atomic E-state index is 8.78. The lowest BCUT2D eigenvalue weighted by Gasteiger charge is -2.24. The highest BCUT2D eigenvalue weighted by Gasteiger charge is 2.38. The van der Waals surface area contributed by atoms with Crippen molar-refractivity contribution in [1.29, 1.82) is 5.41 Å². The third-order valence-electron chi connectivity index (χ3n) is 10.8. The third-order valence-corrected chi connectivity index (χ3v) is 10.8. The molecule has 0 heterocycles. The molecule has 2 heteroatoms. The number of hydrogen-bond donors (Lipinski definition) is 1. The minimum absolute atomic E-state index is 0.116. The molecule has 252 valence electrons. The molecule has 8 aromatic carbocycles. The average molecular weight is 679 g/mol. The molecule has 0 atom stereocenters. The van der Waals surface area contributed by atoms with E-state index in [2.05, 4.69) is 129 Å². The number of fused-ring (bicyclic) bond motifs is 6. The molecule has 0 spiro atoms. The Morgan fingerprint density at radius 1 is 0.509 bits per heavy atom. The van der Waals surface area contributed by atoms with Gasteiger partial charge in [-0.2, -0.15) is 0 Å². The predicted molar refractivity (Wildman–Crippen MR) is 225 cm³/mol. The van der Waals surface area contributed by atoms with E-state index >= 15 is 0 Å². The number of allylic oxidation sites excluding steroid dienone is 1. The van der Waals surface area contributed by atoms with Gasteiger partial charge in [0.15, 0.2) is 0 Å². The van der Waals surface area contributed by atoms with Gasteiger partial charge in [0.25, 0.3) is 0 Å². The van der Waals surface area contributed by atoms with Crippen molar-refractivity contribution in [3.8, 4) is 33.4 Å². The average Bonchev–Trinajstić information content (AvgIpc) is 3.46. The molecule has 2 nitrogen and oxygen atoms in total. The van der Waals surface area contributed by atoms with Gasteiger partial charge in [-0.05, 0) is 77.7 Å². The van der Waals surface area contributed by atoms with Crippen LogP contribution in [0.3, 0.4) is 0 Å². The molecule has 53 heavy (non-hydrogen) atoms. The largest absolute Gasteiger partial charge is 0.300 e. The van der Waals surface area contributed by atoms with Gasteiger partial charge in [0.2, 0.25) is 0 Å². The fourth-order valence-corrected chi connectivity index (χ4v) is 8.19. The van der Waals surface area contributed by atoms with Crippen LogP contribution in [0.5, 0.6) is 0 Å². The Bertz CT molecular complexity index is 2730. The first-order chi connectivity index (χ1) is 26.0. The van der Waals surface area contributed by atoms with Crippen LogP contribution < -0.4 is 0 Å². The zero-order valence-corrected chi connectivity index (χ0v) is 29.8. The van der Waals surface area contributed by atoms with Gasteiger partial charge < -0.3 is 5.41 Å². The van der Waals surface area contributed by atoms with Gasteiger partial charge in [-0.3, -0.25) is 4.99 Å². The molecule has 1 aliphatic rings. The van der Waals surface area contributed by atoms with Gasteiger partial charge in [0, 0.05) is 22.8 Å². The summed E-state index contributed by atoms with van der Waals surface area (Å²) in [7, 11) is 0. The number of aliphatic imine (C=N–C) groups is 1. The zero-order valence-electron chi connectivity index (χ0n) is 29.8. The highest BCUT2D eigenvalue weighted by Crippen LogP contribution is 2.54. The molecule has 0 bridgehead atoms. The Hall–Kier alpha value is -6.64. The molecule has 9 rings (SSSR count). The Balaban J connectivity index is 1.07. The van der Waals surface area contributed by atoms with Crippen LogP contribution in [-0.4, -0.2) is 11.9 Å². The number of rotatable bonds is 7. The Kier molecular flexibility index (Phi) is 8.01. The van der Waals surface area contributed by atoms with Crippen LogP contribution in [0.25, 0.3) is 60.6 Å². The summed E-state index contributed by atoms with van der Waals surface area (Å²) in [5, 5.41) is 13.7. The third kappa shape index (κ3) is 5.70. The maximum Gasteiger partial charge on any atom is 0.0723 e. The first-order valence-corrected chi connectivity index (χ1v) is 18.2. The highest BCUT2D eigenvalue weighted by molar-refractivity contribution is 6.12. The summed E-state index contributed by atoms with van der Waals surface area (Å²) in [6.07, 6.45) is 3.79. The van der Waals surface area contributed by atoms with E-state index in [1.54, 1.807) is 0 Å². The van der Waals surface area contributed by atoms with Crippen molar-refractivity contribution < 1.29 is 0 Å². The maximum atomic E-state index is 8.78. The second kappa shape index (κ2) is 13.2. The number of hydrogen-bond acceptors (Lipinski definition) is 2. The van der Waals surface area contributed by atoms with Crippen molar-refractivity contribution >= 4 is 39.2 Å². The predicted octanol–water partition coefficient (Wildman–Crippen LogP) is 13.2. The summed E-state index contributed by atoms with van der Waals surface area (Å²) in [4.78, 5) is 4.99. The van der Waals surface area contributed by atoms with E-state index in [4.69, 9.17) is 10.4 Å². The first kappa shape index (κ1) is 32.3. The molecule has 0 saturated carbocycles. The number of nitrogens with one attached hydrogen (secondary N) is 1. The molecule has 0 aromatic heterocycles. The molecule has 0 fully saturated rings. The summed E-state index contributed by atoms with van der Waals surface area (Å²) >= 11 is 0. The Morgan fingerprint density at radius 2 is 1.11 bits per heavy atom. The minimum Gasteiger partial charge on any atom is -0.300 e. The Labute approximate surface area is 311 Å². The molecule has 8 aromatic rings. The van der Waals surface area contributed by atoms with Crippen molar-refractivity contribution in [3.63, 3.8) is 0 Å². The molecular formula is C51H38N2. The van der Waals surface area contributed by atoms with E-state index < -0.39 is 0 Å². The van der Waals surface area contributed by atoms with Crippen LogP contribution in [0.15, 0.2) is 187 Å². The standard InChI is InChI=1S/C51H38N2/c1-51(2)46-31-29-34-14-9-10-20-42(34)49(46)45-23-13-22-43(50(45)51)36-26-24-35(25-27-36)41-30-28-39(40-19-11-12-21-44(40)41)33-53-48(38-17-7-4-8-18-38)32-47(52)37-15-5-3-6-16-37/h3-33,52H,1-2H3/b48-32-,52-47?,53-33?. The van der Waals surface area contributed by atoms with Crippen LogP contribution >= 0.6 is 0 Å². The Morgan fingerprint density at radius 3 is 1.85 bits per heavy atom. The van der Waals surface area contributed by atoms with Crippen molar-refractivity contribution in [3.05, 3.63) is 210 Å². The van der Waals surface area contributed by atoms with E-state index in [0.717, 1.165) is 27.8 Å². The van der Waals surface area contributed by atoms with Crippen molar-refractivity contribution in [2.45, 2.75) is 19.3 Å². The number of nitrogens with zero attached hydrogens (tertiary/aromatic N) is 1. The fourth-order valence-electron chi connectivity index (χ4n) is 8.19. The van der Waals surface area contributed by atoms with Crippen LogP contribution in [0.4, 0.5) is 0 Å². The minimum atomic E-state index is -0.116. The van der Waals surface area contributed by atoms with E-state index in [1.807, 2.05) is 73.0 Å². The van der Waals surface area contributed by atoms with E-state index in [0.29, 0.717) is 5.71 Å². The lowest BCUT2D eigenvalue weighted by Crippen LogP contribution is -2.16.